The molecule has 0 rings (SSSR count). The summed E-state index contributed by atoms with van der Waals surface area (Å²) in [7, 11) is 0. The van der Waals surface area contributed by atoms with Gasteiger partial charge in [0.25, 0.3) is 0 Å². The van der Waals surface area contributed by atoms with Crippen LogP contribution in [-0.4, -0.2) is 18.0 Å². The van der Waals surface area contributed by atoms with Crippen LogP contribution in [0.25, 0.3) is 0 Å². The first kappa shape index (κ1) is 10.8. The first-order valence-corrected chi connectivity index (χ1v) is 4.40. The van der Waals surface area contributed by atoms with E-state index in [2.05, 4.69) is 0 Å². The molecule has 0 saturated carbocycles. The second-order valence-electron chi connectivity index (χ2n) is 2.81. The number of esters is 1. The van der Waals surface area contributed by atoms with E-state index in [1.165, 1.54) is 0 Å². The van der Waals surface area contributed by atoms with Gasteiger partial charge in [-0.05, 0) is 12.3 Å². The van der Waals surface area contributed by atoms with Crippen molar-refractivity contribution in [3.63, 3.8) is 0 Å². The summed E-state index contributed by atoms with van der Waals surface area (Å²) < 4.78 is 5.04. The third-order valence-electron chi connectivity index (χ3n) is 1.54. The highest BCUT2D eigenvalue weighted by atomic mass is 35.5. The Kier molecular flexibility index (Phi) is 5.30. The van der Waals surface area contributed by atoms with Crippen molar-refractivity contribution in [2.24, 2.45) is 5.92 Å². The van der Waals surface area contributed by atoms with E-state index in [0.717, 1.165) is 6.42 Å². The molecule has 0 spiro atoms. The molecular weight excluding hydrogens is 164 g/mol. The zero-order valence-electron chi connectivity index (χ0n) is 7.26. The molecule has 0 aliphatic rings. The second-order valence-corrected chi connectivity index (χ2v) is 3.08. The first-order valence-electron chi connectivity index (χ1n) is 3.87. The Hall–Kier alpha value is -0.240. The van der Waals surface area contributed by atoms with Crippen LogP contribution in [0.2, 0.25) is 0 Å². The minimum atomic E-state index is -0.327. The summed E-state index contributed by atoms with van der Waals surface area (Å²) >= 11 is 5.28. The molecule has 0 heterocycles. The third-order valence-corrected chi connectivity index (χ3v) is 1.76. The Bertz CT molecular complexity index is 123. The molecule has 0 aromatic rings. The Morgan fingerprint density at radius 3 is 2.36 bits per heavy atom. The van der Waals surface area contributed by atoms with E-state index in [-0.39, 0.29) is 18.0 Å². The highest BCUT2D eigenvalue weighted by molar-refractivity contribution is 6.26. The van der Waals surface area contributed by atoms with Gasteiger partial charge >= 0.3 is 5.97 Å². The third kappa shape index (κ3) is 4.25. The van der Waals surface area contributed by atoms with Gasteiger partial charge in [0.05, 0.1) is 0 Å². The molecule has 0 amide bonds. The maximum Gasteiger partial charge on any atom is 0.321 e. The summed E-state index contributed by atoms with van der Waals surface area (Å²) in [5.41, 5.74) is 0. The zero-order valence-corrected chi connectivity index (χ0v) is 8.02. The lowest BCUT2D eigenvalue weighted by atomic mass is 10.1. The molecule has 0 aromatic heterocycles. The molecule has 1 unspecified atom stereocenters. The van der Waals surface area contributed by atoms with Gasteiger partial charge in [0, 0.05) is 0 Å². The molecule has 2 nitrogen and oxygen atoms in total. The maximum absolute atomic E-state index is 10.7. The van der Waals surface area contributed by atoms with Crippen LogP contribution in [0.5, 0.6) is 0 Å². The maximum atomic E-state index is 10.7. The van der Waals surface area contributed by atoms with Crippen molar-refractivity contribution in [2.45, 2.75) is 33.3 Å². The molecular formula is C8H15ClO2. The van der Waals surface area contributed by atoms with Crippen molar-refractivity contribution >= 4 is 17.6 Å². The van der Waals surface area contributed by atoms with Gasteiger partial charge in [-0.3, -0.25) is 4.79 Å². The molecule has 3 heteroatoms. The molecule has 0 saturated heterocycles. The number of ether oxygens (including phenoxy) is 1. The summed E-state index contributed by atoms with van der Waals surface area (Å²) in [5, 5.41) is 0. The fraction of sp³-hybridized carbons (Fsp3) is 0.875. The monoisotopic (exact) mass is 178 g/mol. The van der Waals surface area contributed by atoms with Crippen molar-refractivity contribution in [1.82, 2.24) is 0 Å². The first-order chi connectivity index (χ1) is 5.11. The fourth-order valence-electron chi connectivity index (χ4n) is 0.891. The molecule has 0 aliphatic carbocycles. The van der Waals surface area contributed by atoms with Gasteiger partial charge in [-0.15, -0.1) is 11.6 Å². The van der Waals surface area contributed by atoms with Crippen LogP contribution in [0.3, 0.4) is 0 Å². The van der Waals surface area contributed by atoms with Crippen LogP contribution in [0.1, 0.15) is 27.2 Å². The van der Waals surface area contributed by atoms with Crippen molar-refractivity contribution in [3.8, 4) is 0 Å². The number of hydrogen-bond donors (Lipinski definition) is 0. The van der Waals surface area contributed by atoms with Crippen molar-refractivity contribution in [2.75, 3.05) is 5.88 Å². The molecule has 0 aliphatic heterocycles. The van der Waals surface area contributed by atoms with E-state index < -0.39 is 0 Å². The Morgan fingerprint density at radius 1 is 1.55 bits per heavy atom. The topological polar surface area (TPSA) is 26.3 Å². The van der Waals surface area contributed by atoms with Gasteiger partial charge in [0.2, 0.25) is 0 Å². The van der Waals surface area contributed by atoms with Crippen molar-refractivity contribution in [3.05, 3.63) is 0 Å². The Balaban J connectivity index is 3.78. The predicted octanol–water partition coefficient (Wildman–Crippen LogP) is 2.20. The molecule has 11 heavy (non-hydrogen) atoms. The normalized spacial score (nSPS) is 13.2. The summed E-state index contributed by atoms with van der Waals surface area (Å²) in [6.07, 6.45) is 0.863. The van der Waals surface area contributed by atoms with E-state index in [4.69, 9.17) is 16.3 Å². The highest BCUT2D eigenvalue weighted by Crippen LogP contribution is 2.10. The number of halogens is 1. The lowest BCUT2D eigenvalue weighted by Crippen LogP contribution is -2.23. The van der Waals surface area contributed by atoms with E-state index in [1.807, 2.05) is 20.8 Å². The van der Waals surface area contributed by atoms with Crippen LogP contribution in [0.4, 0.5) is 0 Å². The van der Waals surface area contributed by atoms with E-state index in [9.17, 15) is 4.79 Å². The Labute approximate surface area is 72.9 Å². The largest absolute Gasteiger partial charge is 0.461 e. The number of alkyl halides is 1. The van der Waals surface area contributed by atoms with Crippen LogP contribution < -0.4 is 0 Å². The lowest BCUT2D eigenvalue weighted by molar-refractivity contribution is -0.148. The summed E-state index contributed by atoms with van der Waals surface area (Å²) in [6, 6.07) is 0. The molecule has 0 bridgehead atoms. The van der Waals surface area contributed by atoms with E-state index in [1.54, 1.807) is 0 Å². The van der Waals surface area contributed by atoms with Crippen LogP contribution >= 0.6 is 11.6 Å². The Morgan fingerprint density at radius 2 is 2.09 bits per heavy atom. The molecule has 1 atom stereocenters. The van der Waals surface area contributed by atoms with Gasteiger partial charge < -0.3 is 4.74 Å². The number of carbonyl (C=O) groups is 1. The smallest absolute Gasteiger partial charge is 0.321 e. The molecule has 0 aromatic carbocycles. The molecule has 66 valence electrons. The van der Waals surface area contributed by atoms with Crippen molar-refractivity contribution in [1.29, 1.82) is 0 Å². The van der Waals surface area contributed by atoms with E-state index >= 15 is 0 Å². The molecule has 0 N–H and O–H groups in total. The minimum absolute atomic E-state index is 0.0150. The second kappa shape index (κ2) is 5.42. The number of hydrogen-bond acceptors (Lipinski definition) is 2. The van der Waals surface area contributed by atoms with Gasteiger partial charge in [-0.1, -0.05) is 20.8 Å². The van der Waals surface area contributed by atoms with Crippen LogP contribution in [-0.2, 0) is 9.53 Å². The van der Waals surface area contributed by atoms with Crippen molar-refractivity contribution < 1.29 is 9.53 Å². The summed E-state index contributed by atoms with van der Waals surface area (Å²) in [5.74, 6) is -0.0113. The summed E-state index contributed by atoms with van der Waals surface area (Å²) in [6.45, 7) is 6.04. The van der Waals surface area contributed by atoms with Crippen LogP contribution in [0, 0.1) is 5.92 Å². The number of carbonyl (C=O) groups excluding carboxylic acids is 1. The number of rotatable bonds is 4. The molecule has 0 fully saturated rings. The highest BCUT2D eigenvalue weighted by Gasteiger charge is 2.14. The average molecular weight is 179 g/mol. The van der Waals surface area contributed by atoms with E-state index in [0.29, 0.717) is 5.92 Å². The lowest BCUT2D eigenvalue weighted by Gasteiger charge is -2.18. The predicted molar refractivity (Wildman–Crippen MR) is 45.7 cm³/mol. The quantitative estimate of drug-likeness (QED) is 0.488. The summed E-state index contributed by atoms with van der Waals surface area (Å²) in [4.78, 5) is 10.7. The van der Waals surface area contributed by atoms with Gasteiger partial charge in [-0.25, -0.2) is 0 Å². The van der Waals surface area contributed by atoms with Gasteiger partial charge in [-0.2, -0.15) is 0 Å². The van der Waals surface area contributed by atoms with Gasteiger partial charge in [0.1, 0.15) is 12.0 Å². The SMILES string of the molecule is CCC(OC(=O)CCl)C(C)C. The average Bonchev–Trinajstić information content (AvgIpc) is 1.99. The molecule has 0 radical (unpaired) electrons. The van der Waals surface area contributed by atoms with Crippen LogP contribution in [0.15, 0.2) is 0 Å². The fourth-order valence-corrected chi connectivity index (χ4v) is 0.954. The zero-order chi connectivity index (χ0) is 8.85. The standard InChI is InChI=1S/C8H15ClO2/c1-4-7(6(2)3)11-8(10)5-9/h6-7H,4-5H2,1-3H3. The van der Waals surface area contributed by atoms with Gasteiger partial charge in [0.15, 0.2) is 0 Å². The minimum Gasteiger partial charge on any atom is -0.461 e.